The monoisotopic (exact) mass is 382 g/mol. The summed E-state index contributed by atoms with van der Waals surface area (Å²) >= 11 is 13.3. The minimum absolute atomic E-state index is 0.260. The molecule has 5 nitrogen and oxygen atoms in total. The van der Waals surface area contributed by atoms with Crippen molar-refractivity contribution in [1.82, 2.24) is 4.98 Å². The Morgan fingerprint density at radius 3 is 2.71 bits per heavy atom. The van der Waals surface area contributed by atoms with Crippen LogP contribution in [0.25, 0.3) is 22.1 Å². The molecule has 0 radical (unpaired) electrons. The average Bonchev–Trinajstić information content (AvgIpc) is 3.13. The zero-order valence-corrected chi connectivity index (χ0v) is 14.7. The number of aromatic nitrogens is 1. The number of halogens is 2. The SMILES string of the molecule is COc1ccc(-c2nc(CC(=O)[O-])c(-c3ccc(Cl)s3)o2)cc1Cl. The molecule has 0 N–H and O–H groups in total. The number of oxazole rings is 1. The molecule has 2 aromatic heterocycles. The Balaban J connectivity index is 2.07. The van der Waals surface area contributed by atoms with Crippen LogP contribution in [-0.2, 0) is 11.2 Å². The molecule has 124 valence electrons. The fourth-order valence-electron chi connectivity index (χ4n) is 2.16. The Kier molecular flexibility index (Phi) is 4.80. The second kappa shape index (κ2) is 6.84. The Morgan fingerprint density at radius 1 is 1.33 bits per heavy atom. The van der Waals surface area contributed by atoms with Gasteiger partial charge in [-0.25, -0.2) is 4.98 Å². The molecular formula is C16H10Cl2NO4S-. The van der Waals surface area contributed by atoms with E-state index in [1.807, 2.05) is 0 Å². The molecule has 0 aliphatic rings. The number of ether oxygens (including phenoxy) is 1. The maximum absolute atomic E-state index is 11.0. The third-order valence-corrected chi connectivity index (χ3v) is 4.73. The second-order valence-corrected chi connectivity index (χ2v) is 6.92. The van der Waals surface area contributed by atoms with Crippen LogP contribution in [0.2, 0.25) is 9.36 Å². The van der Waals surface area contributed by atoms with E-state index in [1.54, 1.807) is 30.3 Å². The van der Waals surface area contributed by atoms with Gasteiger partial charge in [0.2, 0.25) is 5.89 Å². The zero-order valence-electron chi connectivity index (χ0n) is 12.3. The minimum Gasteiger partial charge on any atom is -0.550 e. The van der Waals surface area contributed by atoms with E-state index in [1.165, 1.54) is 18.4 Å². The van der Waals surface area contributed by atoms with Crippen molar-refractivity contribution >= 4 is 40.5 Å². The van der Waals surface area contributed by atoms with Crippen LogP contribution in [0.5, 0.6) is 5.75 Å². The number of benzene rings is 1. The molecule has 1 aromatic carbocycles. The quantitative estimate of drug-likeness (QED) is 0.672. The van der Waals surface area contributed by atoms with E-state index in [0.29, 0.717) is 31.3 Å². The highest BCUT2D eigenvalue weighted by atomic mass is 35.5. The molecule has 3 rings (SSSR count). The number of carboxylic acid groups (broad SMARTS) is 1. The van der Waals surface area contributed by atoms with Gasteiger partial charge in [0.15, 0.2) is 5.76 Å². The molecule has 0 spiro atoms. The number of aliphatic carboxylic acids is 1. The Labute approximate surface area is 151 Å². The van der Waals surface area contributed by atoms with E-state index in [4.69, 9.17) is 32.4 Å². The van der Waals surface area contributed by atoms with Crippen molar-refractivity contribution in [3.63, 3.8) is 0 Å². The molecule has 0 fully saturated rings. The van der Waals surface area contributed by atoms with Crippen molar-refractivity contribution in [2.75, 3.05) is 7.11 Å². The van der Waals surface area contributed by atoms with Crippen molar-refractivity contribution in [3.8, 4) is 27.8 Å². The number of hydrogen-bond donors (Lipinski definition) is 0. The van der Waals surface area contributed by atoms with Crippen LogP contribution in [0.3, 0.4) is 0 Å². The van der Waals surface area contributed by atoms with E-state index >= 15 is 0 Å². The van der Waals surface area contributed by atoms with Gasteiger partial charge in [0.25, 0.3) is 0 Å². The molecule has 0 aliphatic carbocycles. The number of thiophene rings is 1. The largest absolute Gasteiger partial charge is 0.550 e. The molecule has 0 saturated heterocycles. The van der Waals surface area contributed by atoms with Gasteiger partial charge >= 0.3 is 0 Å². The lowest BCUT2D eigenvalue weighted by Crippen LogP contribution is -2.24. The highest BCUT2D eigenvalue weighted by Crippen LogP contribution is 2.37. The number of hydrogen-bond acceptors (Lipinski definition) is 6. The van der Waals surface area contributed by atoms with Gasteiger partial charge in [-0.05, 0) is 30.3 Å². The highest BCUT2D eigenvalue weighted by Gasteiger charge is 2.19. The summed E-state index contributed by atoms with van der Waals surface area (Å²) in [4.78, 5) is 16.0. The van der Waals surface area contributed by atoms with Gasteiger partial charge < -0.3 is 19.1 Å². The maximum atomic E-state index is 11.0. The number of nitrogens with zero attached hydrogens (tertiary/aromatic N) is 1. The van der Waals surface area contributed by atoms with Gasteiger partial charge in [-0.15, -0.1) is 11.3 Å². The Hall–Kier alpha value is -2.02. The lowest BCUT2D eigenvalue weighted by Gasteiger charge is -2.03. The van der Waals surface area contributed by atoms with Crippen LogP contribution in [0.15, 0.2) is 34.7 Å². The molecule has 0 amide bonds. The summed E-state index contributed by atoms with van der Waals surface area (Å²) in [5.41, 5.74) is 0.879. The first-order valence-corrected chi connectivity index (χ1v) is 8.34. The van der Waals surface area contributed by atoms with E-state index in [-0.39, 0.29) is 18.0 Å². The number of carbonyl (C=O) groups excluding carboxylic acids is 1. The highest BCUT2D eigenvalue weighted by molar-refractivity contribution is 7.19. The van der Waals surface area contributed by atoms with E-state index in [9.17, 15) is 9.90 Å². The fraction of sp³-hybridized carbons (Fsp3) is 0.125. The van der Waals surface area contributed by atoms with Crippen LogP contribution in [0.1, 0.15) is 5.69 Å². The molecule has 0 saturated carbocycles. The molecule has 3 aromatic rings. The Bertz CT molecular complexity index is 903. The summed E-state index contributed by atoms with van der Waals surface area (Å²) in [7, 11) is 1.52. The predicted molar refractivity (Wildman–Crippen MR) is 90.5 cm³/mol. The normalized spacial score (nSPS) is 10.8. The van der Waals surface area contributed by atoms with E-state index < -0.39 is 5.97 Å². The topological polar surface area (TPSA) is 75.4 Å². The first-order valence-electron chi connectivity index (χ1n) is 6.77. The van der Waals surface area contributed by atoms with Gasteiger partial charge in [-0.3, -0.25) is 0 Å². The lowest BCUT2D eigenvalue weighted by molar-refractivity contribution is -0.304. The lowest BCUT2D eigenvalue weighted by atomic mass is 10.2. The molecule has 2 heterocycles. The minimum atomic E-state index is -1.24. The summed E-state index contributed by atoms with van der Waals surface area (Å²) < 4.78 is 11.5. The van der Waals surface area contributed by atoms with Crippen molar-refractivity contribution < 1.29 is 19.1 Å². The molecular weight excluding hydrogens is 373 g/mol. The first-order chi connectivity index (χ1) is 11.5. The average molecular weight is 383 g/mol. The van der Waals surface area contributed by atoms with Crippen LogP contribution in [0, 0.1) is 0 Å². The molecule has 0 bridgehead atoms. The van der Waals surface area contributed by atoms with Crippen LogP contribution in [-0.4, -0.2) is 18.1 Å². The summed E-state index contributed by atoms with van der Waals surface area (Å²) in [5.74, 6) is -0.105. The van der Waals surface area contributed by atoms with Gasteiger partial charge in [-0.1, -0.05) is 23.2 Å². The van der Waals surface area contributed by atoms with Crippen LogP contribution in [0.4, 0.5) is 0 Å². The summed E-state index contributed by atoms with van der Waals surface area (Å²) in [6.45, 7) is 0. The second-order valence-electron chi connectivity index (χ2n) is 4.80. The standard InChI is InChI=1S/C16H11Cl2NO4S/c1-22-11-3-2-8(6-9(11)17)16-19-10(7-14(20)21)15(23-16)12-4-5-13(18)24-12/h2-6H,7H2,1H3,(H,20,21)/p-1. The summed E-state index contributed by atoms with van der Waals surface area (Å²) in [5, 5.41) is 11.4. The molecule has 0 atom stereocenters. The van der Waals surface area contributed by atoms with Gasteiger partial charge in [-0.2, -0.15) is 0 Å². The molecule has 0 unspecified atom stereocenters. The first kappa shape index (κ1) is 16.8. The van der Waals surface area contributed by atoms with Crippen molar-refractivity contribution in [1.29, 1.82) is 0 Å². The smallest absolute Gasteiger partial charge is 0.227 e. The van der Waals surface area contributed by atoms with Crippen LogP contribution >= 0.6 is 34.5 Å². The number of carbonyl (C=O) groups is 1. The molecule has 0 aliphatic heterocycles. The van der Waals surface area contributed by atoms with Crippen LogP contribution < -0.4 is 9.84 Å². The molecule has 24 heavy (non-hydrogen) atoms. The van der Waals surface area contributed by atoms with Crippen molar-refractivity contribution in [2.45, 2.75) is 6.42 Å². The number of methoxy groups -OCH3 is 1. The van der Waals surface area contributed by atoms with E-state index in [2.05, 4.69) is 4.98 Å². The van der Waals surface area contributed by atoms with E-state index in [0.717, 1.165) is 0 Å². The summed E-state index contributed by atoms with van der Waals surface area (Å²) in [6.07, 6.45) is -0.363. The predicted octanol–water partition coefficient (Wildman–Crippen LogP) is 3.68. The Morgan fingerprint density at radius 2 is 2.12 bits per heavy atom. The van der Waals surface area contributed by atoms with Crippen molar-refractivity contribution in [2.24, 2.45) is 0 Å². The third kappa shape index (κ3) is 3.40. The molecule has 8 heteroatoms. The van der Waals surface area contributed by atoms with Gasteiger partial charge in [0, 0.05) is 18.0 Å². The van der Waals surface area contributed by atoms with Gasteiger partial charge in [0.05, 0.1) is 27.0 Å². The number of rotatable bonds is 5. The van der Waals surface area contributed by atoms with Gasteiger partial charge in [0.1, 0.15) is 5.75 Å². The van der Waals surface area contributed by atoms with Crippen molar-refractivity contribution in [3.05, 3.63) is 45.4 Å². The maximum Gasteiger partial charge on any atom is 0.227 e. The number of carboxylic acids is 1. The zero-order chi connectivity index (χ0) is 17.3. The third-order valence-electron chi connectivity index (χ3n) is 3.20. The summed E-state index contributed by atoms with van der Waals surface area (Å²) in [6, 6.07) is 8.50. The fourth-order valence-corrected chi connectivity index (χ4v) is 3.46.